The van der Waals surface area contributed by atoms with Crippen LogP contribution in [-0.2, 0) is 9.53 Å². The van der Waals surface area contributed by atoms with Gasteiger partial charge >= 0.3 is 5.97 Å². The number of ether oxygens (including phenoxy) is 1. The van der Waals surface area contributed by atoms with Crippen LogP contribution in [0.3, 0.4) is 0 Å². The van der Waals surface area contributed by atoms with Crippen LogP contribution < -0.4 is 0 Å². The molecule has 0 saturated heterocycles. The average Bonchev–Trinajstić information content (AvgIpc) is 2.90. The second-order valence-electron chi connectivity index (χ2n) is 4.81. The summed E-state index contributed by atoms with van der Waals surface area (Å²) in [6.07, 6.45) is 1.58. The fourth-order valence-electron chi connectivity index (χ4n) is 2.04. The number of esters is 1. The average molecular weight is 408 g/mol. The first-order valence-corrected chi connectivity index (χ1v) is 7.83. The minimum absolute atomic E-state index is 0.000647. The predicted octanol–water partition coefficient (Wildman–Crippen LogP) is 4.36. The Morgan fingerprint density at radius 3 is 2.58 bits per heavy atom. The zero-order valence-electron chi connectivity index (χ0n) is 11.9. The second-order valence-corrected chi connectivity index (χ2v) is 6.13. The van der Waals surface area contributed by atoms with Crippen molar-refractivity contribution in [3.8, 4) is 0 Å². The number of aliphatic imine (C=N–C) groups is 1. The Kier molecular flexibility index (Phi) is 4.46. The summed E-state index contributed by atoms with van der Waals surface area (Å²) in [5, 5.41) is 10.9. The molecule has 0 aromatic heterocycles. The van der Waals surface area contributed by atoms with Gasteiger partial charge in [-0.05, 0) is 35.9 Å². The van der Waals surface area contributed by atoms with E-state index < -0.39 is 10.9 Å². The molecule has 24 heavy (non-hydrogen) atoms. The molecule has 0 saturated carbocycles. The van der Waals surface area contributed by atoms with Gasteiger partial charge in [0, 0.05) is 16.1 Å². The molecule has 6 nitrogen and oxygen atoms in total. The zero-order valence-corrected chi connectivity index (χ0v) is 14.2. The number of nitro benzene ring substituents is 1. The first-order chi connectivity index (χ1) is 11.4. The van der Waals surface area contributed by atoms with Gasteiger partial charge in [0.2, 0.25) is 5.90 Å². The lowest BCUT2D eigenvalue weighted by atomic mass is 10.2. The molecular formula is C16H8BrClN2O4. The summed E-state index contributed by atoms with van der Waals surface area (Å²) in [7, 11) is 0. The van der Waals surface area contributed by atoms with Gasteiger partial charge in [-0.25, -0.2) is 9.79 Å². The molecule has 3 rings (SSSR count). The maximum absolute atomic E-state index is 11.9. The Morgan fingerprint density at radius 2 is 1.92 bits per heavy atom. The number of nitrogens with zero attached hydrogens (tertiary/aromatic N) is 2. The molecule has 0 fully saturated rings. The smallest absolute Gasteiger partial charge is 0.363 e. The summed E-state index contributed by atoms with van der Waals surface area (Å²) >= 11 is 9.10. The highest BCUT2D eigenvalue weighted by Gasteiger charge is 2.26. The van der Waals surface area contributed by atoms with Crippen molar-refractivity contribution >= 4 is 51.2 Å². The Balaban J connectivity index is 1.96. The van der Waals surface area contributed by atoms with E-state index in [0.717, 1.165) is 10.0 Å². The van der Waals surface area contributed by atoms with Gasteiger partial charge in [0.1, 0.15) is 5.02 Å². The number of cyclic esters (lactones) is 1. The molecule has 0 amide bonds. The molecular weight excluding hydrogens is 400 g/mol. The van der Waals surface area contributed by atoms with Gasteiger partial charge in [0.15, 0.2) is 5.70 Å². The molecule has 1 aliphatic heterocycles. The van der Waals surface area contributed by atoms with Crippen LogP contribution in [0, 0.1) is 10.1 Å². The highest BCUT2D eigenvalue weighted by Crippen LogP contribution is 2.27. The van der Waals surface area contributed by atoms with Crippen molar-refractivity contribution in [3.05, 3.63) is 78.9 Å². The molecule has 0 spiro atoms. The standard InChI is InChI=1S/C16H8BrClN2O4/c17-11-4-1-9(2-5-11)7-13-16(21)24-15(19-13)10-3-6-12(18)14(8-10)20(22)23/h1-8H/b13-7-. The number of halogens is 2. The molecule has 2 aromatic rings. The van der Waals surface area contributed by atoms with Gasteiger partial charge in [-0.15, -0.1) is 0 Å². The minimum atomic E-state index is -0.620. The number of carbonyl (C=O) groups excluding carboxylic acids is 1. The third-order valence-electron chi connectivity index (χ3n) is 3.18. The van der Waals surface area contributed by atoms with E-state index in [1.54, 1.807) is 6.08 Å². The summed E-state index contributed by atoms with van der Waals surface area (Å²) in [5.41, 5.74) is 0.916. The van der Waals surface area contributed by atoms with E-state index in [1.165, 1.54) is 18.2 Å². The summed E-state index contributed by atoms with van der Waals surface area (Å²) in [6.45, 7) is 0. The van der Waals surface area contributed by atoms with Gasteiger partial charge in [0.25, 0.3) is 5.69 Å². The summed E-state index contributed by atoms with van der Waals surface area (Å²) in [5.74, 6) is -0.617. The van der Waals surface area contributed by atoms with Crippen molar-refractivity contribution in [3.63, 3.8) is 0 Å². The molecule has 2 aromatic carbocycles. The highest BCUT2D eigenvalue weighted by atomic mass is 79.9. The van der Waals surface area contributed by atoms with Crippen molar-refractivity contribution in [1.29, 1.82) is 0 Å². The van der Waals surface area contributed by atoms with Crippen molar-refractivity contribution in [1.82, 2.24) is 0 Å². The Morgan fingerprint density at radius 1 is 1.21 bits per heavy atom. The normalized spacial score (nSPS) is 15.3. The maximum Gasteiger partial charge on any atom is 0.363 e. The molecule has 0 N–H and O–H groups in total. The van der Waals surface area contributed by atoms with Crippen LogP contribution in [0.15, 0.2) is 57.6 Å². The van der Waals surface area contributed by atoms with Crippen molar-refractivity contribution in [2.45, 2.75) is 0 Å². The van der Waals surface area contributed by atoms with Crippen LogP contribution in [0.5, 0.6) is 0 Å². The molecule has 120 valence electrons. The van der Waals surface area contributed by atoms with Crippen LogP contribution >= 0.6 is 27.5 Å². The lowest BCUT2D eigenvalue weighted by molar-refractivity contribution is -0.384. The Labute approximate surface area is 149 Å². The van der Waals surface area contributed by atoms with Crippen LogP contribution in [0.1, 0.15) is 11.1 Å². The van der Waals surface area contributed by atoms with Crippen LogP contribution in [0.2, 0.25) is 5.02 Å². The summed E-state index contributed by atoms with van der Waals surface area (Å²) in [6, 6.07) is 11.4. The fourth-order valence-corrected chi connectivity index (χ4v) is 2.49. The summed E-state index contributed by atoms with van der Waals surface area (Å²) in [4.78, 5) is 26.4. The number of carbonyl (C=O) groups is 1. The van der Waals surface area contributed by atoms with E-state index >= 15 is 0 Å². The van der Waals surface area contributed by atoms with Gasteiger partial charge < -0.3 is 4.74 Å². The van der Waals surface area contributed by atoms with E-state index in [-0.39, 0.29) is 22.3 Å². The number of hydrogen-bond donors (Lipinski definition) is 0. The third-order valence-corrected chi connectivity index (χ3v) is 4.03. The largest absolute Gasteiger partial charge is 0.402 e. The number of hydrogen-bond acceptors (Lipinski definition) is 5. The van der Waals surface area contributed by atoms with Gasteiger partial charge in [-0.2, -0.15) is 0 Å². The third kappa shape index (κ3) is 3.37. The van der Waals surface area contributed by atoms with Crippen molar-refractivity contribution < 1.29 is 14.5 Å². The molecule has 0 unspecified atom stereocenters. The second kappa shape index (κ2) is 6.54. The molecule has 0 aliphatic carbocycles. The maximum atomic E-state index is 11.9. The Bertz CT molecular complexity index is 907. The lowest BCUT2D eigenvalue weighted by Crippen LogP contribution is -2.06. The SMILES string of the molecule is O=C1OC(c2ccc(Cl)c([N+](=O)[O-])c2)=N/C1=C\c1ccc(Br)cc1. The number of rotatable bonds is 3. The molecule has 8 heteroatoms. The highest BCUT2D eigenvalue weighted by molar-refractivity contribution is 9.10. The van der Waals surface area contributed by atoms with E-state index in [4.69, 9.17) is 16.3 Å². The van der Waals surface area contributed by atoms with E-state index in [1.807, 2.05) is 24.3 Å². The lowest BCUT2D eigenvalue weighted by Gasteiger charge is -2.00. The van der Waals surface area contributed by atoms with Gasteiger partial charge in [0.05, 0.1) is 4.92 Å². The van der Waals surface area contributed by atoms with Crippen LogP contribution in [0.25, 0.3) is 6.08 Å². The first kappa shape index (κ1) is 16.4. The Hall–Kier alpha value is -2.51. The molecule has 1 heterocycles. The topological polar surface area (TPSA) is 81.8 Å². The zero-order chi connectivity index (χ0) is 17.3. The predicted molar refractivity (Wildman–Crippen MR) is 92.9 cm³/mol. The first-order valence-electron chi connectivity index (χ1n) is 6.66. The monoisotopic (exact) mass is 406 g/mol. The van der Waals surface area contributed by atoms with Crippen molar-refractivity contribution in [2.75, 3.05) is 0 Å². The van der Waals surface area contributed by atoms with E-state index in [9.17, 15) is 14.9 Å². The number of benzene rings is 2. The van der Waals surface area contributed by atoms with Crippen LogP contribution in [-0.4, -0.2) is 16.8 Å². The molecule has 0 radical (unpaired) electrons. The van der Waals surface area contributed by atoms with Crippen LogP contribution in [0.4, 0.5) is 5.69 Å². The fraction of sp³-hybridized carbons (Fsp3) is 0. The molecule has 1 aliphatic rings. The quantitative estimate of drug-likeness (QED) is 0.328. The minimum Gasteiger partial charge on any atom is -0.402 e. The number of nitro groups is 1. The van der Waals surface area contributed by atoms with Gasteiger partial charge in [-0.1, -0.05) is 39.7 Å². The summed E-state index contributed by atoms with van der Waals surface area (Å²) < 4.78 is 6.01. The molecule has 0 atom stereocenters. The van der Waals surface area contributed by atoms with E-state index in [0.29, 0.717) is 5.56 Å². The molecule has 0 bridgehead atoms. The van der Waals surface area contributed by atoms with E-state index in [2.05, 4.69) is 20.9 Å². The van der Waals surface area contributed by atoms with Gasteiger partial charge in [-0.3, -0.25) is 10.1 Å². The van der Waals surface area contributed by atoms with Crippen molar-refractivity contribution in [2.24, 2.45) is 4.99 Å².